The topological polar surface area (TPSA) is 147 Å². The van der Waals surface area contributed by atoms with Gasteiger partial charge in [0.1, 0.15) is 24.4 Å². The second kappa shape index (κ2) is 17.2. The standard InChI is InChI=1S/C27H41NO10/c1-7-10-11-24(29)34-19(6)16-28-21(25(30)31)14-20-12-13-22(37-26(32)35-17(4)8-2)23(15-20)38-27(33)36-18(5)9-3/h12-13,15,17-19,21,28H,7-11,14,16H2,1-6H3,(H,30,31)/t17?,18?,19?,21-/m0/s1. The fourth-order valence-corrected chi connectivity index (χ4v) is 3.00. The van der Waals surface area contributed by atoms with Crippen molar-refractivity contribution in [3.63, 3.8) is 0 Å². The quantitative estimate of drug-likeness (QED) is 0.166. The van der Waals surface area contributed by atoms with E-state index in [1.54, 1.807) is 26.8 Å². The number of esters is 1. The highest BCUT2D eigenvalue weighted by Crippen LogP contribution is 2.30. The Hall–Kier alpha value is -3.34. The van der Waals surface area contributed by atoms with Crippen LogP contribution in [0.1, 0.15) is 79.2 Å². The summed E-state index contributed by atoms with van der Waals surface area (Å²) in [6, 6.07) is 3.30. The van der Waals surface area contributed by atoms with Gasteiger partial charge < -0.3 is 34.1 Å². The van der Waals surface area contributed by atoms with Crippen LogP contribution in [0.25, 0.3) is 0 Å². The first kappa shape index (κ1) is 32.7. The van der Waals surface area contributed by atoms with Crippen molar-refractivity contribution in [1.29, 1.82) is 0 Å². The zero-order chi connectivity index (χ0) is 28.7. The molecule has 2 N–H and O–H groups in total. The van der Waals surface area contributed by atoms with Gasteiger partial charge in [0.05, 0.1) is 0 Å². The normalized spacial score (nSPS) is 13.9. The molecule has 0 aromatic heterocycles. The molecule has 1 aromatic rings. The molecule has 38 heavy (non-hydrogen) atoms. The zero-order valence-corrected chi connectivity index (χ0v) is 23.1. The van der Waals surface area contributed by atoms with E-state index in [4.69, 9.17) is 23.7 Å². The Balaban J connectivity index is 3.00. The van der Waals surface area contributed by atoms with Gasteiger partial charge in [0.2, 0.25) is 0 Å². The van der Waals surface area contributed by atoms with Crippen LogP contribution in [-0.2, 0) is 30.2 Å². The van der Waals surface area contributed by atoms with E-state index in [0.717, 1.165) is 12.8 Å². The molecule has 0 saturated heterocycles. The molecule has 0 saturated carbocycles. The van der Waals surface area contributed by atoms with Crippen LogP contribution < -0.4 is 14.8 Å². The van der Waals surface area contributed by atoms with Gasteiger partial charge in [-0.25, -0.2) is 9.59 Å². The number of nitrogens with one attached hydrogen (secondary N) is 1. The summed E-state index contributed by atoms with van der Waals surface area (Å²) in [5.74, 6) is -1.66. The fraction of sp³-hybridized carbons (Fsp3) is 0.630. The van der Waals surface area contributed by atoms with Gasteiger partial charge in [-0.1, -0.05) is 33.3 Å². The van der Waals surface area contributed by atoms with Gasteiger partial charge in [-0.05, 0) is 64.2 Å². The predicted molar refractivity (Wildman–Crippen MR) is 138 cm³/mol. The molecule has 1 rings (SSSR count). The van der Waals surface area contributed by atoms with Gasteiger partial charge >= 0.3 is 24.2 Å². The van der Waals surface area contributed by atoms with Gasteiger partial charge in [0.15, 0.2) is 11.5 Å². The molecule has 0 spiro atoms. The monoisotopic (exact) mass is 539 g/mol. The molecule has 11 nitrogen and oxygen atoms in total. The van der Waals surface area contributed by atoms with E-state index >= 15 is 0 Å². The van der Waals surface area contributed by atoms with Crippen molar-refractivity contribution in [2.45, 2.75) is 104 Å². The van der Waals surface area contributed by atoms with E-state index in [1.807, 2.05) is 20.8 Å². The molecule has 0 aliphatic heterocycles. The van der Waals surface area contributed by atoms with Crippen LogP contribution in [0.5, 0.6) is 11.5 Å². The Bertz CT molecular complexity index is 919. The highest BCUT2D eigenvalue weighted by atomic mass is 16.7. The molecule has 11 heteroatoms. The fourth-order valence-electron chi connectivity index (χ4n) is 3.00. The first-order chi connectivity index (χ1) is 18.0. The zero-order valence-electron chi connectivity index (χ0n) is 23.1. The number of hydrogen-bond acceptors (Lipinski definition) is 10. The number of rotatable bonds is 16. The summed E-state index contributed by atoms with van der Waals surface area (Å²) < 4.78 is 26.1. The third kappa shape index (κ3) is 12.8. The number of carboxylic acid groups (broad SMARTS) is 1. The Morgan fingerprint density at radius 2 is 1.42 bits per heavy atom. The number of carbonyl (C=O) groups is 4. The van der Waals surface area contributed by atoms with E-state index in [2.05, 4.69) is 5.32 Å². The lowest BCUT2D eigenvalue weighted by Crippen LogP contribution is -2.42. The number of ether oxygens (including phenoxy) is 5. The van der Waals surface area contributed by atoms with E-state index in [0.29, 0.717) is 24.8 Å². The molecular weight excluding hydrogens is 498 g/mol. The van der Waals surface area contributed by atoms with Gasteiger partial charge in [-0.2, -0.15) is 0 Å². The molecule has 0 fully saturated rings. The maximum Gasteiger partial charge on any atom is 0.514 e. The minimum absolute atomic E-state index is 0.000198. The molecule has 3 unspecified atom stereocenters. The minimum Gasteiger partial charge on any atom is -0.480 e. The van der Waals surface area contributed by atoms with Crippen molar-refractivity contribution in [3.05, 3.63) is 23.8 Å². The average molecular weight is 540 g/mol. The van der Waals surface area contributed by atoms with Crippen molar-refractivity contribution in [1.82, 2.24) is 5.32 Å². The molecule has 214 valence electrons. The molecule has 0 amide bonds. The SMILES string of the molecule is CCCCC(=O)OC(C)CN[C@@H](Cc1ccc(OC(=O)OC(C)CC)c(OC(=O)OC(C)CC)c1)C(=O)O. The van der Waals surface area contributed by atoms with Crippen LogP contribution in [-0.4, -0.2) is 60.3 Å². The number of carbonyl (C=O) groups excluding carboxylic acids is 3. The number of unbranched alkanes of at least 4 members (excludes halogenated alkanes) is 1. The van der Waals surface area contributed by atoms with Crippen molar-refractivity contribution in [2.24, 2.45) is 0 Å². The molecule has 1 aromatic carbocycles. The van der Waals surface area contributed by atoms with E-state index in [9.17, 15) is 24.3 Å². The van der Waals surface area contributed by atoms with Gasteiger partial charge in [-0.15, -0.1) is 0 Å². The van der Waals surface area contributed by atoms with Crippen LogP contribution in [0.4, 0.5) is 9.59 Å². The Labute approximate surface area is 224 Å². The number of carboxylic acids is 1. The summed E-state index contributed by atoms with van der Waals surface area (Å²) in [6.45, 7) is 10.9. The van der Waals surface area contributed by atoms with Crippen molar-refractivity contribution in [2.75, 3.05) is 6.54 Å². The van der Waals surface area contributed by atoms with E-state index < -0.39 is 36.5 Å². The smallest absolute Gasteiger partial charge is 0.480 e. The molecule has 4 atom stereocenters. The number of aliphatic carboxylic acids is 1. The van der Waals surface area contributed by atoms with Crippen molar-refractivity contribution >= 4 is 24.2 Å². The molecule has 0 radical (unpaired) electrons. The van der Waals surface area contributed by atoms with E-state index in [1.165, 1.54) is 12.1 Å². The molecular formula is C27H41NO10. The Morgan fingerprint density at radius 1 is 0.842 bits per heavy atom. The summed E-state index contributed by atoms with van der Waals surface area (Å²) in [7, 11) is 0. The maximum absolute atomic E-state index is 12.3. The first-order valence-corrected chi connectivity index (χ1v) is 13.0. The Morgan fingerprint density at radius 3 is 1.95 bits per heavy atom. The molecule has 0 bridgehead atoms. The molecule has 0 aliphatic carbocycles. The largest absolute Gasteiger partial charge is 0.514 e. The summed E-state index contributed by atoms with van der Waals surface area (Å²) in [5, 5.41) is 12.6. The van der Waals surface area contributed by atoms with Gasteiger partial charge in [0.25, 0.3) is 0 Å². The second-order valence-electron chi connectivity index (χ2n) is 9.07. The number of hydrogen-bond donors (Lipinski definition) is 2. The summed E-state index contributed by atoms with van der Waals surface area (Å²) in [5.41, 5.74) is 0.478. The maximum atomic E-state index is 12.3. The third-order valence-corrected chi connectivity index (χ3v) is 5.60. The lowest BCUT2D eigenvalue weighted by Gasteiger charge is -2.19. The summed E-state index contributed by atoms with van der Waals surface area (Å²) >= 11 is 0. The van der Waals surface area contributed by atoms with Crippen LogP contribution >= 0.6 is 0 Å². The Kier molecular flexibility index (Phi) is 14.8. The summed E-state index contributed by atoms with van der Waals surface area (Å²) in [4.78, 5) is 48.1. The van der Waals surface area contributed by atoms with Crippen molar-refractivity contribution in [3.8, 4) is 11.5 Å². The first-order valence-electron chi connectivity index (χ1n) is 13.0. The van der Waals surface area contributed by atoms with Crippen molar-refractivity contribution < 1.29 is 48.0 Å². The third-order valence-electron chi connectivity index (χ3n) is 5.60. The van der Waals surface area contributed by atoms with Crippen LogP contribution in [0.3, 0.4) is 0 Å². The predicted octanol–water partition coefficient (Wildman–Crippen LogP) is 5.02. The second-order valence-corrected chi connectivity index (χ2v) is 9.07. The minimum atomic E-state index is -1.12. The van der Waals surface area contributed by atoms with Gasteiger partial charge in [-0.3, -0.25) is 9.59 Å². The average Bonchev–Trinajstić information content (AvgIpc) is 2.86. The number of benzene rings is 1. The summed E-state index contributed by atoms with van der Waals surface area (Å²) in [6.07, 6.45) is -0.220. The molecule has 0 aliphatic rings. The molecule has 0 heterocycles. The van der Waals surface area contributed by atoms with E-state index in [-0.39, 0.29) is 36.5 Å². The lowest BCUT2D eigenvalue weighted by atomic mass is 10.0. The van der Waals surface area contributed by atoms with Gasteiger partial charge in [0, 0.05) is 13.0 Å². The van der Waals surface area contributed by atoms with Crippen LogP contribution in [0.2, 0.25) is 0 Å². The van der Waals surface area contributed by atoms with Crippen LogP contribution in [0.15, 0.2) is 18.2 Å². The lowest BCUT2D eigenvalue weighted by molar-refractivity contribution is -0.148. The highest BCUT2D eigenvalue weighted by molar-refractivity contribution is 5.74. The highest BCUT2D eigenvalue weighted by Gasteiger charge is 2.23. The van der Waals surface area contributed by atoms with Crippen LogP contribution in [0, 0.1) is 0 Å².